The van der Waals surface area contributed by atoms with Crippen molar-refractivity contribution in [1.82, 2.24) is 5.32 Å². The molecule has 1 N–H and O–H groups in total. The first-order valence-electron chi connectivity index (χ1n) is 7.00. The highest BCUT2D eigenvalue weighted by Gasteiger charge is 2.18. The van der Waals surface area contributed by atoms with E-state index in [1.807, 2.05) is 0 Å². The molecular formula is C16H25Br2NO. The summed E-state index contributed by atoms with van der Waals surface area (Å²) < 4.78 is 7.45. The number of rotatable bonds is 8. The average Bonchev–Trinajstić information content (AvgIpc) is 2.37. The monoisotopic (exact) mass is 405 g/mol. The van der Waals surface area contributed by atoms with Crippen molar-refractivity contribution in [3.8, 4) is 0 Å². The first kappa shape index (κ1) is 18.1. The summed E-state index contributed by atoms with van der Waals surface area (Å²) in [5, 5.41) is 3.45. The predicted octanol–water partition coefficient (Wildman–Crippen LogP) is 4.71. The Bertz CT molecular complexity index is 433. The highest BCUT2D eigenvalue weighted by molar-refractivity contribution is 9.11. The van der Waals surface area contributed by atoms with E-state index < -0.39 is 0 Å². The van der Waals surface area contributed by atoms with Gasteiger partial charge in [0, 0.05) is 29.1 Å². The van der Waals surface area contributed by atoms with Crippen LogP contribution in [0.25, 0.3) is 0 Å². The quantitative estimate of drug-likeness (QED) is 0.631. The smallest absolute Gasteiger partial charge is 0.0587 e. The van der Waals surface area contributed by atoms with Crippen LogP contribution in [0.3, 0.4) is 0 Å². The zero-order valence-corrected chi connectivity index (χ0v) is 16.0. The molecule has 0 heterocycles. The molecule has 0 saturated carbocycles. The van der Waals surface area contributed by atoms with Gasteiger partial charge in [-0.1, -0.05) is 45.7 Å². The van der Waals surface area contributed by atoms with Crippen LogP contribution in [0.15, 0.2) is 21.1 Å². The molecule has 0 aliphatic heterocycles. The van der Waals surface area contributed by atoms with Gasteiger partial charge in [0.25, 0.3) is 0 Å². The maximum atomic E-state index is 5.05. The molecule has 0 unspecified atom stereocenters. The van der Waals surface area contributed by atoms with E-state index in [4.69, 9.17) is 4.74 Å². The minimum Gasteiger partial charge on any atom is -0.383 e. The third-order valence-electron chi connectivity index (χ3n) is 3.49. The summed E-state index contributed by atoms with van der Waals surface area (Å²) in [4.78, 5) is 0. The minimum absolute atomic E-state index is 0.282. The van der Waals surface area contributed by atoms with Crippen molar-refractivity contribution in [2.45, 2.75) is 33.6 Å². The zero-order valence-electron chi connectivity index (χ0n) is 12.9. The van der Waals surface area contributed by atoms with Gasteiger partial charge in [0.2, 0.25) is 0 Å². The van der Waals surface area contributed by atoms with Crippen LogP contribution in [0, 0.1) is 12.3 Å². The Labute approximate surface area is 139 Å². The number of methoxy groups -OCH3 is 1. The molecule has 1 aromatic carbocycles. The summed E-state index contributed by atoms with van der Waals surface area (Å²) >= 11 is 7.28. The molecule has 20 heavy (non-hydrogen) atoms. The van der Waals surface area contributed by atoms with Crippen molar-refractivity contribution in [1.29, 1.82) is 0 Å². The van der Waals surface area contributed by atoms with E-state index in [0.29, 0.717) is 0 Å². The van der Waals surface area contributed by atoms with Crippen LogP contribution < -0.4 is 5.32 Å². The van der Waals surface area contributed by atoms with E-state index in [9.17, 15) is 0 Å². The van der Waals surface area contributed by atoms with Gasteiger partial charge < -0.3 is 10.1 Å². The lowest BCUT2D eigenvalue weighted by Crippen LogP contribution is -2.32. The van der Waals surface area contributed by atoms with Gasteiger partial charge in [0.15, 0.2) is 0 Å². The van der Waals surface area contributed by atoms with Crippen LogP contribution in [-0.4, -0.2) is 26.8 Å². The Morgan fingerprint density at radius 1 is 1.20 bits per heavy atom. The zero-order chi connectivity index (χ0) is 15.2. The Morgan fingerprint density at radius 2 is 1.90 bits per heavy atom. The first-order valence-corrected chi connectivity index (χ1v) is 8.58. The summed E-state index contributed by atoms with van der Waals surface area (Å²) in [5.74, 6) is 0. The van der Waals surface area contributed by atoms with Gasteiger partial charge in [-0.25, -0.2) is 0 Å². The summed E-state index contributed by atoms with van der Waals surface area (Å²) in [5.41, 5.74) is 2.92. The SMILES string of the molecule is COCCNCC(C)(C)CCc1cc(Br)c(C)cc1Br. The van der Waals surface area contributed by atoms with E-state index in [0.717, 1.165) is 32.5 Å². The summed E-state index contributed by atoms with van der Waals surface area (Å²) in [6.45, 7) is 9.43. The Hall–Kier alpha value is 0.1000. The van der Waals surface area contributed by atoms with E-state index in [1.54, 1.807) is 7.11 Å². The van der Waals surface area contributed by atoms with Crippen molar-refractivity contribution < 1.29 is 4.74 Å². The fraction of sp³-hybridized carbons (Fsp3) is 0.625. The summed E-state index contributed by atoms with van der Waals surface area (Å²) in [6.07, 6.45) is 2.24. The van der Waals surface area contributed by atoms with Gasteiger partial charge in [-0.15, -0.1) is 0 Å². The first-order chi connectivity index (χ1) is 9.35. The van der Waals surface area contributed by atoms with E-state index in [1.165, 1.54) is 20.1 Å². The largest absolute Gasteiger partial charge is 0.383 e. The number of halogens is 2. The van der Waals surface area contributed by atoms with Crippen molar-refractivity contribution >= 4 is 31.9 Å². The fourth-order valence-electron chi connectivity index (χ4n) is 2.04. The molecule has 2 nitrogen and oxygen atoms in total. The Balaban J connectivity index is 2.51. The molecule has 0 aromatic heterocycles. The number of hydrogen-bond donors (Lipinski definition) is 1. The van der Waals surface area contributed by atoms with E-state index in [-0.39, 0.29) is 5.41 Å². The van der Waals surface area contributed by atoms with Crippen molar-refractivity contribution in [2.75, 3.05) is 26.8 Å². The lowest BCUT2D eigenvalue weighted by atomic mass is 9.86. The Morgan fingerprint density at radius 3 is 2.55 bits per heavy atom. The van der Waals surface area contributed by atoms with Crippen LogP contribution in [0.5, 0.6) is 0 Å². The second-order valence-corrected chi connectivity index (χ2v) is 7.74. The van der Waals surface area contributed by atoms with Crippen molar-refractivity contribution in [3.63, 3.8) is 0 Å². The second-order valence-electron chi connectivity index (χ2n) is 6.03. The highest BCUT2D eigenvalue weighted by atomic mass is 79.9. The molecule has 1 rings (SSSR count). The van der Waals surface area contributed by atoms with E-state index >= 15 is 0 Å². The van der Waals surface area contributed by atoms with Crippen LogP contribution in [0.2, 0.25) is 0 Å². The average molecular weight is 407 g/mol. The molecule has 0 bridgehead atoms. The van der Waals surface area contributed by atoms with Gasteiger partial charge in [0.1, 0.15) is 0 Å². The van der Waals surface area contributed by atoms with Gasteiger partial charge >= 0.3 is 0 Å². The molecule has 114 valence electrons. The van der Waals surface area contributed by atoms with Gasteiger partial charge in [-0.2, -0.15) is 0 Å². The van der Waals surface area contributed by atoms with Gasteiger partial charge in [-0.05, 0) is 48.4 Å². The molecule has 4 heteroatoms. The second kappa shape index (κ2) is 8.52. The highest BCUT2D eigenvalue weighted by Crippen LogP contribution is 2.29. The number of aryl methyl sites for hydroxylation is 2. The van der Waals surface area contributed by atoms with Crippen LogP contribution in [0.1, 0.15) is 31.4 Å². The molecular weight excluding hydrogens is 382 g/mol. The number of ether oxygens (including phenoxy) is 1. The van der Waals surface area contributed by atoms with Crippen molar-refractivity contribution in [3.05, 3.63) is 32.2 Å². The fourth-order valence-corrected chi connectivity index (χ4v) is 3.09. The summed E-state index contributed by atoms with van der Waals surface area (Å²) in [7, 11) is 1.74. The van der Waals surface area contributed by atoms with Gasteiger partial charge in [0.05, 0.1) is 6.61 Å². The molecule has 0 amide bonds. The van der Waals surface area contributed by atoms with Crippen LogP contribution in [0.4, 0.5) is 0 Å². The molecule has 0 atom stereocenters. The van der Waals surface area contributed by atoms with Gasteiger partial charge in [-0.3, -0.25) is 0 Å². The number of nitrogens with one attached hydrogen (secondary N) is 1. The molecule has 0 aliphatic rings. The standard InChI is InChI=1S/C16H25Br2NO/c1-12-9-15(18)13(10-14(12)17)5-6-16(2,3)11-19-7-8-20-4/h9-10,19H,5-8,11H2,1-4H3. The lowest BCUT2D eigenvalue weighted by Gasteiger charge is -2.25. The van der Waals surface area contributed by atoms with Crippen molar-refractivity contribution in [2.24, 2.45) is 5.41 Å². The maximum absolute atomic E-state index is 5.05. The van der Waals surface area contributed by atoms with Crippen LogP contribution in [-0.2, 0) is 11.2 Å². The minimum atomic E-state index is 0.282. The normalized spacial score (nSPS) is 11.9. The molecule has 0 fully saturated rings. The molecule has 0 saturated heterocycles. The topological polar surface area (TPSA) is 21.3 Å². The molecule has 0 radical (unpaired) electrons. The molecule has 0 aliphatic carbocycles. The lowest BCUT2D eigenvalue weighted by molar-refractivity contribution is 0.193. The third-order valence-corrected chi connectivity index (χ3v) is 5.08. The Kier molecular flexibility index (Phi) is 7.73. The maximum Gasteiger partial charge on any atom is 0.0587 e. The van der Waals surface area contributed by atoms with E-state index in [2.05, 4.69) is 70.1 Å². The third kappa shape index (κ3) is 6.25. The van der Waals surface area contributed by atoms with Crippen LogP contribution >= 0.6 is 31.9 Å². The predicted molar refractivity (Wildman–Crippen MR) is 93.4 cm³/mol. The number of hydrogen-bond acceptors (Lipinski definition) is 2. The summed E-state index contributed by atoms with van der Waals surface area (Å²) in [6, 6.07) is 4.41. The molecule has 0 spiro atoms. The number of benzene rings is 1. The molecule has 1 aromatic rings.